The topological polar surface area (TPSA) is 50.2 Å². The molecule has 0 unspecified atom stereocenters. The molecule has 0 amide bonds. The molecule has 1 fully saturated rings. The van der Waals surface area contributed by atoms with E-state index in [1.54, 1.807) is 4.52 Å². The largest absolute Gasteiger partial charge is 0.310 e. The lowest BCUT2D eigenvalue weighted by Gasteiger charge is -1.94. The molecular formula is C9H8BrN3O. The summed E-state index contributed by atoms with van der Waals surface area (Å²) < 4.78 is 2.49. The number of nitrogens with zero attached hydrogens (tertiary/aromatic N) is 2. The molecule has 14 heavy (non-hydrogen) atoms. The van der Waals surface area contributed by atoms with Gasteiger partial charge in [0.25, 0.3) is 5.56 Å². The van der Waals surface area contributed by atoms with Gasteiger partial charge in [0.1, 0.15) is 16.4 Å². The first kappa shape index (κ1) is 8.23. The van der Waals surface area contributed by atoms with Gasteiger partial charge in [-0.05, 0) is 46.3 Å². The van der Waals surface area contributed by atoms with E-state index < -0.39 is 0 Å². The first-order valence-electron chi connectivity index (χ1n) is 4.52. The van der Waals surface area contributed by atoms with E-state index in [4.69, 9.17) is 0 Å². The molecule has 0 radical (unpaired) electrons. The van der Waals surface area contributed by atoms with E-state index in [0.29, 0.717) is 11.4 Å². The minimum Gasteiger partial charge on any atom is -0.310 e. The summed E-state index contributed by atoms with van der Waals surface area (Å²) in [4.78, 5) is 14.2. The van der Waals surface area contributed by atoms with Crippen LogP contribution in [0, 0.1) is 0 Å². The maximum atomic E-state index is 11.6. The Balaban J connectivity index is 2.45. The Kier molecular flexibility index (Phi) is 1.58. The lowest BCUT2D eigenvalue weighted by molar-refractivity contribution is 0.869. The summed E-state index contributed by atoms with van der Waals surface area (Å²) in [5.41, 5.74) is 1.74. The van der Waals surface area contributed by atoms with Crippen LogP contribution in [0.3, 0.4) is 0 Å². The van der Waals surface area contributed by atoms with Crippen molar-refractivity contribution in [1.82, 2.24) is 14.6 Å². The van der Waals surface area contributed by atoms with Gasteiger partial charge in [-0.1, -0.05) is 0 Å². The van der Waals surface area contributed by atoms with E-state index in [-0.39, 0.29) is 5.56 Å². The molecule has 72 valence electrons. The summed E-state index contributed by atoms with van der Waals surface area (Å²) in [6, 6.07) is 2.00. The van der Waals surface area contributed by atoms with Crippen molar-refractivity contribution >= 4 is 21.4 Å². The van der Waals surface area contributed by atoms with E-state index in [1.807, 2.05) is 6.07 Å². The van der Waals surface area contributed by atoms with Crippen LogP contribution in [0.25, 0.3) is 5.52 Å². The molecule has 1 saturated carbocycles. The van der Waals surface area contributed by atoms with Gasteiger partial charge < -0.3 is 4.98 Å². The third kappa shape index (κ3) is 1.05. The molecule has 0 atom stereocenters. The molecular weight excluding hydrogens is 246 g/mol. The third-order valence-electron chi connectivity index (χ3n) is 2.56. The van der Waals surface area contributed by atoms with Crippen molar-refractivity contribution in [2.45, 2.75) is 18.8 Å². The molecule has 2 heterocycles. The Morgan fingerprint density at radius 2 is 2.36 bits per heavy atom. The van der Waals surface area contributed by atoms with Crippen LogP contribution in [-0.4, -0.2) is 14.6 Å². The van der Waals surface area contributed by atoms with Crippen LogP contribution < -0.4 is 5.56 Å². The lowest BCUT2D eigenvalue weighted by atomic mass is 10.2. The number of aromatic amines is 1. The highest BCUT2D eigenvalue weighted by Gasteiger charge is 2.28. The van der Waals surface area contributed by atoms with Gasteiger partial charge in [0.05, 0.1) is 0 Å². The van der Waals surface area contributed by atoms with E-state index in [9.17, 15) is 4.79 Å². The Bertz CT molecular complexity index is 553. The molecule has 1 N–H and O–H groups in total. The SMILES string of the molecule is O=c1[nH]cnn2c(Br)cc(C3CC3)c12. The number of nitrogens with one attached hydrogen (secondary N) is 1. The van der Waals surface area contributed by atoms with Gasteiger partial charge in [-0.15, -0.1) is 0 Å². The number of hydrogen-bond donors (Lipinski definition) is 1. The second kappa shape index (κ2) is 2.70. The predicted octanol–water partition coefficient (Wildman–Crippen LogP) is 1.66. The number of hydrogen-bond acceptors (Lipinski definition) is 2. The van der Waals surface area contributed by atoms with Crippen molar-refractivity contribution < 1.29 is 0 Å². The van der Waals surface area contributed by atoms with Crippen LogP contribution in [0.1, 0.15) is 24.3 Å². The van der Waals surface area contributed by atoms with Crippen molar-refractivity contribution in [1.29, 1.82) is 0 Å². The number of fused-ring (bicyclic) bond motifs is 1. The lowest BCUT2D eigenvalue weighted by Crippen LogP contribution is -2.11. The number of halogens is 1. The monoisotopic (exact) mass is 253 g/mol. The Morgan fingerprint density at radius 1 is 1.57 bits per heavy atom. The Hall–Kier alpha value is -1.10. The van der Waals surface area contributed by atoms with Gasteiger partial charge in [-0.25, -0.2) is 4.52 Å². The average molecular weight is 254 g/mol. The molecule has 0 saturated heterocycles. The zero-order chi connectivity index (χ0) is 9.71. The van der Waals surface area contributed by atoms with E-state index in [1.165, 1.54) is 19.2 Å². The fourth-order valence-electron chi connectivity index (χ4n) is 1.75. The summed E-state index contributed by atoms with van der Waals surface area (Å²) in [5, 5.41) is 4.09. The number of H-pyrrole nitrogens is 1. The van der Waals surface area contributed by atoms with Crippen molar-refractivity contribution in [3.05, 3.63) is 32.9 Å². The maximum absolute atomic E-state index is 11.6. The van der Waals surface area contributed by atoms with Gasteiger partial charge in [-0.3, -0.25) is 4.79 Å². The highest BCUT2D eigenvalue weighted by atomic mass is 79.9. The molecule has 0 bridgehead atoms. The summed E-state index contributed by atoms with van der Waals surface area (Å²) in [7, 11) is 0. The first-order chi connectivity index (χ1) is 6.77. The molecule has 1 aliphatic rings. The summed E-state index contributed by atoms with van der Waals surface area (Å²) in [6.07, 6.45) is 3.78. The highest BCUT2D eigenvalue weighted by molar-refractivity contribution is 9.10. The average Bonchev–Trinajstić information content (AvgIpc) is 2.94. The Labute approximate surface area is 88.1 Å². The van der Waals surface area contributed by atoms with E-state index in [2.05, 4.69) is 26.0 Å². The molecule has 4 nitrogen and oxygen atoms in total. The first-order valence-corrected chi connectivity index (χ1v) is 5.31. The van der Waals surface area contributed by atoms with Crippen molar-refractivity contribution in [2.75, 3.05) is 0 Å². The van der Waals surface area contributed by atoms with Crippen LogP contribution in [0.4, 0.5) is 0 Å². The van der Waals surface area contributed by atoms with Crippen molar-refractivity contribution in [3.63, 3.8) is 0 Å². The van der Waals surface area contributed by atoms with Crippen LogP contribution >= 0.6 is 15.9 Å². The summed E-state index contributed by atoms with van der Waals surface area (Å²) in [6.45, 7) is 0. The second-order valence-electron chi connectivity index (χ2n) is 3.58. The van der Waals surface area contributed by atoms with Crippen LogP contribution in [0.15, 0.2) is 21.8 Å². The second-order valence-corrected chi connectivity index (χ2v) is 4.39. The summed E-state index contributed by atoms with van der Waals surface area (Å²) >= 11 is 3.40. The molecule has 2 aromatic heterocycles. The zero-order valence-corrected chi connectivity index (χ0v) is 8.91. The van der Waals surface area contributed by atoms with Crippen LogP contribution in [-0.2, 0) is 0 Å². The third-order valence-corrected chi connectivity index (χ3v) is 3.13. The van der Waals surface area contributed by atoms with Crippen molar-refractivity contribution in [3.8, 4) is 0 Å². The van der Waals surface area contributed by atoms with Gasteiger partial charge in [0.2, 0.25) is 0 Å². The van der Waals surface area contributed by atoms with Gasteiger partial charge >= 0.3 is 0 Å². The smallest absolute Gasteiger partial charge is 0.275 e. The minimum atomic E-state index is -0.0624. The molecule has 1 aliphatic carbocycles. The fourth-order valence-corrected chi connectivity index (χ4v) is 2.26. The normalized spacial score (nSPS) is 16.4. The maximum Gasteiger partial charge on any atom is 0.275 e. The van der Waals surface area contributed by atoms with Crippen LogP contribution in [0.5, 0.6) is 0 Å². The summed E-state index contributed by atoms with van der Waals surface area (Å²) in [5.74, 6) is 0.557. The van der Waals surface area contributed by atoms with Gasteiger partial charge in [-0.2, -0.15) is 5.10 Å². The van der Waals surface area contributed by atoms with E-state index >= 15 is 0 Å². The van der Waals surface area contributed by atoms with Gasteiger partial charge in [0, 0.05) is 0 Å². The number of rotatable bonds is 1. The quantitative estimate of drug-likeness (QED) is 0.841. The van der Waals surface area contributed by atoms with Crippen LogP contribution in [0.2, 0.25) is 0 Å². The standard InChI is InChI=1S/C9H8BrN3O/c10-7-3-6(5-1-2-5)8-9(14)11-4-12-13(7)8/h3-5H,1-2H2,(H,11,12,14). The molecule has 0 spiro atoms. The number of aromatic nitrogens is 3. The minimum absolute atomic E-state index is 0.0624. The molecule has 3 rings (SSSR count). The van der Waals surface area contributed by atoms with Crippen molar-refractivity contribution in [2.24, 2.45) is 0 Å². The molecule has 5 heteroatoms. The fraction of sp³-hybridized carbons (Fsp3) is 0.333. The predicted molar refractivity (Wildman–Crippen MR) is 55.5 cm³/mol. The molecule has 2 aromatic rings. The molecule has 0 aromatic carbocycles. The molecule has 0 aliphatic heterocycles. The zero-order valence-electron chi connectivity index (χ0n) is 7.33. The Morgan fingerprint density at radius 3 is 3.07 bits per heavy atom. The van der Waals surface area contributed by atoms with E-state index in [0.717, 1.165) is 10.2 Å². The highest BCUT2D eigenvalue weighted by Crippen LogP contribution is 2.42. The van der Waals surface area contributed by atoms with Gasteiger partial charge in [0.15, 0.2) is 0 Å².